The molecule has 0 bridgehead atoms. The van der Waals surface area contributed by atoms with Gasteiger partial charge < -0.3 is 19.7 Å². The first-order chi connectivity index (χ1) is 11.5. The summed E-state index contributed by atoms with van der Waals surface area (Å²) in [5.74, 6) is 0.0774. The second kappa shape index (κ2) is 10.8. The largest absolute Gasteiger partial charge is 0.511 e. The topological polar surface area (TPSA) is 76.0 Å². The molecule has 5 nitrogen and oxygen atoms in total. The lowest BCUT2D eigenvalue weighted by Gasteiger charge is -2.17. The maximum Gasteiger partial charge on any atom is 0.511 e. The fourth-order valence-electron chi connectivity index (χ4n) is 2.80. The predicted molar refractivity (Wildman–Crippen MR) is 94.4 cm³/mol. The van der Waals surface area contributed by atoms with Crippen LogP contribution in [0.3, 0.4) is 0 Å². The Morgan fingerprint density at radius 1 is 1.04 bits per heavy atom. The van der Waals surface area contributed by atoms with E-state index in [2.05, 4.69) is 11.7 Å². The molecule has 0 amide bonds. The fourth-order valence-corrected chi connectivity index (χ4v) is 2.80. The molecule has 0 saturated heterocycles. The fraction of sp³-hybridized carbons (Fsp3) is 0.632. The average molecular weight is 338 g/mol. The molecule has 0 spiro atoms. The zero-order valence-corrected chi connectivity index (χ0v) is 15.1. The number of phenolic OH excluding ortho intramolecular Hbond substituents is 1. The van der Waals surface area contributed by atoms with Crippen molar-refractivity contribution in [2.75, 3.05) is 6.61 Å². The second-order valence-corrected chi connectivity index (χ2v) is 5.88. The number of benzene rings is 1. The Balaban J connectivity index is 2.80. The normalized spacial score (nSPS) is 10.6. The number of carbonyl (C=O) groups is 1. The molecule has 2 N–H and O–H groups in total. The molecule has 0 unspecified atom stereocenters. The molecule has 0 atom stereocenters. The van der Waals surface area contributed by atoms with Crippen molar-refractivity contribution in [1.29, 1.82) is 0 Å². The highest BCUT2D eigenvalue weighted by Crippen LogP contribution is 2.42. The van der Waals surface area contributed by atoms with Crippen LogP contribution in [0.2, 0.25) is 0 Å². The summed E-state index contributed by atoms with van der Waals surface area (Å²) in [5, 5.41) is 19.1. The molecular weight excluding hydrogens is 308 g/mol. The third kappa shape index (κ3) is 5.95. The Morgan fingerprint density at radius 3 is 2.29 bits per heavy atom. The van der Waals surface area contributed by atoms with Gasteiger partial charge in [-0.15, -0.1) is 0 Å². The molecule has 136 valence electrons. The van der Waals surface area contributed by atoms with E-state index in [1.54, 1.807) is 6.07 Å². The van der Waals surface area contributed by atoms with Gasteiger partial charge in [-0.3, -0.25) is 0 Å². The van der Waals surface area contributed by atoms with Crippen LogP contribution in [-0.2, 0) is 12.8 Å². The third-order valence-electron chi connectivity index (χ3n) is 4.09. The minimum atomic E-state index is -1.45. The molecular formula is C19H30O5. The van der Waals surface area contributed by atoms with Crippen LogP contribution >= 0.6 is 0 Å². The van der Waals surface area contributed by atoms with Crippen LogP contribution in [0.1, 0.15) is 70.4 Å². The summed E-state index contributed by atoms with van der Waals surface area (Å²) in [6, 6.07) is 1.58. The van der Waals surface area contributed by atoms with Gasteiger partial charge in [0.2, 0.25) is 5.75 Å². The molecule has 1 rings (SSSR count). The zero-order valence-electron chi connectivity index (χ0n) is 15.1. The molecule has 0 heterocycles. The number of unbranched alkanes of at least 4 members (excludes halogenated alkanes) is 5. The first-order valence-electron chi connectivity index (χ1n) is 8.96. The SMILES string of the molecule is CCCCCCCCOc1c(O)c(OC(=O)O)cc(CC)c1CC. The van der Waals surface area contributed by atoms with Gasteiger partial charge in [-0.2, -0.15) is 0 Å². The van der Waals surface area contributed by atoms with Crippen molar-refractivity contribution < 1.29 is 24.5 Å². The number of carboxylic acid groups (broad SMARTS) is 1. The molecule has 0 aliphatic heterocycles. The van der Waals surface area contributed by atoms with Gasteiger partial charge in [0.25, 0.3) is 0 Å². The van der Waals surface area contributed by atoms with Crippen molar-refractivity contribution in [3.63, 3.8) is 0 Å². The Morgan fingerprint density at radius 2 is 1.71 bits per heavy atom. The van der Waals surface area contributed by atoms with E-state index in [0.717, 1.165) is 24.0 Å². The summed E-state index contributed by atoms with van der Waals surface area (Å²) in [7, 11) is 0. The zero-order chi connectivity index (χ0) is 17.9. The van der Waals surface area contributed by atoms with Gasteiger partial charge in [0.1, 0.15) is 0 Å². The molecule has 1 aromatic carbocycles. The van der Waals surface area contributed by atoms with Gasteiger partial charge in [-0.1, -0.05) is 52.9 Å². The van der Waals surface area contributed by atoms with E-state index in [1.807, 2.05) is 13.8 Å². The van der Waals surface area contributed by atoms with E-state index in [0.29, 0.717) is 25.2 Å². The van der Waals surface area contributed by atoms with Gasteiger partial charge in [0.05, 0.1) is 6.61 Å². The summed E-state index contributed by atoms with van der Waals surface area (Å²) < 4.78 is 10.5. The molecule has 0 aliphatic carbocycles. The van der Waals surface area contributed by atoms with E-state index >= 15 is 0 Å². The molecule has 0 fully saturated rings. The van der Waals surface area contributed by atoms with Crippen molar-refractivity contribution in [3.8, 4) is 17.2 Å². The molecule has 0 aliphatic rings. The smallest absolute Gasteiger partial charge is 0.502 e. The minimum Gasteiger partial charge on any atom is -0.502 e. The van der Waals surface area contributed by atoms with E-state index < -0.39 is 6.16 Å². The Bertz CT molecular complexity index is 525. The number of aryl methyl sites for hydroxylation is 1. The van der Waals surface area contributed by atoms with Gasteiger partial charge in [0, 0.05) is 5.56 Å². The number of hydrogen-bond donors (Lipinski definition) is 2. The third-order valence-corrected chi connectivity index (χ3v) is 4.09. The molecule has 0 aromatic heterocycles. The molecule has 0 radical (unpaired) electrons. The first-order valence-corrected chi connectivity index (χ1v) is 8.96. The Kier molecular flexibility index (Phi) is 9.05. The monoisotopic (exact) mass is 338 g/mol. The first kappa shape index (κ1) is 20.1. The standard InChI is InChI=1S/C19H30O5/c1-4-7-8-9-10-11-12-23-18-15(6-3)14(5-2)13-16(17(18)20)24-19(21)22/h13,20H,4-12H2,1-3H3,(H,21,22). The molecule has 0 saturated carbocycles. The van der Waals surface area contributed by atoms with Crippen LogP contribution in [0.4, 0.5) is 4.79 Å². The Labute approximate surface area is 144 Å². The number of aromatic hydroxyl groups is 1. The lowest BCUT2D eigenvalue weighted by Crippen LogP contribution is -2.07. The number of ether oxygens (including phenoxy) is 2. The van der Waals surface area contributed by atoms with Gasteiger partial charge in [-0.05, 0) is 30.9 Å². The van der Waals surface area contributed by atoms with Crippen LogP contribution in [0, 0.1) is 0 Å². The van der Waals surface area contributed by atoms with Crippen LogP contribution in [-0.4, -0.2) is 23.0 Å². The van der Waals surface area contributed by atoms with Crippen LogP contribution in [0.5, 0.6) is 17.2 Å². The van der Waals surface area contributed by atoms with Crippen molar-refractivity contribution in [3.05, 3.63) is 17.2 Å². The summed E-state index contributed by atoms with van der Waals surface area (Å²) in [6.45, 7) is 6.67. The van der Waals surface area contributed by atoms with Gasteiger partial charge in [0.15, 0.2) is 11.5 Å². The van der Waals surface area contributed by atoms with Crippen molar-refractivity contribution >= 4 is 6.16 Å². The summed E-state index contributed by atoms with van der Waals surface area (Å²) in [5.41, 5.74) is 1.85. The van der Waals surface area contributed by atoms with Crippen molar-refractivity contribution in [2.24, 2.45) is 0 Å². The lowest BCUT2D eigenvalue weighted by atomic mass is 10.0. The highest BCUT2D eigenvalue weighted by Gasteiger charge is 2.20. The van der Waals surface area contributed by atoms with E-state index in [-0.39, 0.29) is 11.5 Å². The van der Waals surface area contributed by atoms with Crippen LogP contribution in [0.25, 0.3) is 0 Å². The van der Waals surface area contributed by atoms with E-state index in [4.69, 9.17) is 9.84 Å². The average Bonchev–Trinajstić information content (AvgIpc) is 2.56. The number of phenols is 1. The minimum absolute atomic E-state index is 0.0607. The quantitative estimate of drug-likeness (QED) is 0.325. The van der Waals surface area contributed by atoms with Gasteiger partial charge in [-0.25, -0.2) is 4.79 Å². The second-order valence-electron chi connectivity index (χ2n) is 5.88. The summed E-state index contributed by atoms with van der Waals surface area (Å²) >= 11 is 0. The van der Waals surface area contributed by atoms with Crippen LogP contribution in [0.15, 0.2) is 6.07 Å². The van der Waals surface area contributed by atoms with E-state index in [9.17, 15) is 9.90 Å². The van der Waals surface area contributed by atoms with Crippen LogP contribution < -0.4 is 9.47 Å². The summed E-state index contributed by atoms with van der Waals surface area (Å²) in [4.78, 5) is 10.8. The highest BCUT2D eigenvalue weighted by atomic mass is 16.7. The molecule has 1 aromatic rings. The maximum atomic E-state index is 10.8. The van der Waals surface area contributed by atoms with Crippen molar-refractivity contribution in [1.82, 2.24) is 0 Å². The van der Waals surface area contributed by atoms with E-state index in [1.165, 1.54) is 25.7 Å². The maximum absolute atomic E-state index is 10.8. The lowest BCUT2D eigenvalue weighted by molar-refractivity contribution is 0.142. The molecule has 5 heteroatoms. The van der Waals surface area contributed by atoms with Gasteiger partial charge >= 0.3 is 6.16 Å². The van der Waals surface area contributed by atoms with Crippen molar-refractivity contribution in [2.45, 2.75) is 72.1 Å². The predicted octanol–water partition coefficient (Wildman–Crippen LogP) is 5.31. The number of rotatable bonds is 11. The molecule has 24 heavy (non-hydrogen) atoms. The summed E-state index contributed by atoms with van der Waals surface area (Å²) in [6.07, 6.45) is 6.89. The number of hydrogen-bond acceptors (Lipinski definition) is 4. The Hall–Kier alpha value is -1.91. The highest BCUT2D eigenvalue weighted by molar-refractivity contribution is 5.66.